The van der Waals surface area contributed by atoms with Gasteiger partial charge in [0.2, 0.25) is 11.8 Å². The number of hydrogen-bond acceptors (Lipinski definition) is 6. The number of benzene rings is 1. The zero-order valence-corrected chi connectivity index (χ0v) is 15.7. The molecule has 1 aliphatic heterocycles. The lowest BCUT2D eigenvalue weighted by Crippen LogP contribution is -2.47. The third kappa shape index (κ3) is 4.34. The third-order valence-corrected chi connectivity index (χ3v) is 5.07. The van der Waals surface area contributed by atoms with Gasteiger partial charge in [-0.1, -0.05) is 18.2 Å². The Bertz CT molecular complexity index is 892. The molecule has 0 unspecified atom stereocenters. The van der Waals surface area contributed by atoms with E-state index in [1.165, 1.54) is 10.9 Å². The monoisotopic (exact) mass is 363 g/mol. The number of aryl methyl sites for hydroxylation is 1. The maximum atomic E-state index is 5.20. The number of ether oxygens (including phenoxy) is 1. The first kappa shape index (κ1) is 17.7. The molecule has 1 aliphatic rings. The van der Waals surface area contributed by atoms with Gasteiger partial charge in [-0.25, -0.2) is 4.98 Å². The molecule has 3 aromatic rings. The highest BCUT2D eigenvalue weighted by molar-refractivity contribution is 5.78. The number of pyridine rings is 1. The van der Waals surface area contributed by atoms with Crippen LogP contribution in [0.4, 0.5) is 5.95 Å². The van der Waals surface area contributed by atoms with E-state index in [-0.39, 0.29) is 0 Å². The summed E-state index contributed by atoms with van der Waals surface area (Å²) in [6.45, 7) is 5.09. The molecule has 1 aromatic carbocycles. The Morgan fingerprint density at radius 1 is 1.04 bits per heavy atom. The van der Waals surface area contributed by atoms with Crippen LogP contribution in [-0.2, 0) is 6.42 Å². The lowest BCUT2D eigenvalue weighted by molar-refractivity contribution is 0.253. The predicted molar refractivity (Wildman–Crippen MR) is 107 cm³/mol. The van der Waals surface area contributed by atoms with Crippen molar-refractivity contribution in [1.29, 1.82) is 0 Å². The molecule has 2 aromatic heterocycles. The predicted octanol–water partition coefficient (Wildman–Crippen LogP) is 2.79. The molecular weight excluding hydrogens is 338 g/mol. The van der Waals surface area contributed by atoms with Gasteiger partial charge in [0.25, 0.3) is 0 Å². The first-order chi connectivity index (χ1) is 13.3. The number of rotatable bonds is 6. The number of hydrogen-bond donors (Lipinski definition) is 0. The Hall–Kier alpha value is -2.73. The fraction of sp³-hybridized carbons (Fsp3) is 0.381. The summed E-state index contributed by atoms with van der Waals surface area (Å²) in [6, 6.07) is 12.3. The van der Waals surface area contributed by atoms with Crippen LogP contribution < -0.4 is 9.64 Å². The molecule has 3 heterocycles. The Labute approximate surface area is 159 Å². The molecule has 0 spiro atoms. The van der Waals surface area contributed by atoms with Gasteiger partial charge in [-0.2, -0.15) is 4.98 Å². The van der Waals surface area contributed by atoms with Crippen LogP contribution in [0.25, 0.3) is 10.9 Å². The summed E-state index contributed by atoms with van der Waals surface area (Å²) in [6.07, 6.45) is 5.98. The molecule has 27 heavy (non-hydrogen) atoms. The lowest BCUT2D eigenvalue weighted by Gasteiger charge is -2.34. The number of fused-ring (bicyclic) bond motifs is 1. The SMILES string of the molecule is COc1ccnc(N2CCN(CCCc3cnc4ccccc4c3)CC2)n1. The van der Waals surface area contributed by atoms with Crippen LogP contribution in [0.15, 0.2) is 48.8 Å². The minimum absolute atomic E-state index is 0.617. The Balaban J connectivity index is 1.25. The van der Waals surface area contributed by atoms with Crippen LogP contribution in [0.2, 0.25) is 0 Å². The number of anilines is 1. The molecular formula is C21H25N5O. The topological polar surface area (TPSA) is 54.4 Å². The smallest absolute Gasteiger partial charge is 0.228 e. The van der Waals surface area contributed by atoms with Crippen molar-refractivity contribution in [3.63, 3.8) is 0 Å². The van der Waals surface area contributed by atoms with Crippen LogP contribution >= 0.6 is 0 Å². The fourth-order valence-electron chi connectivity index (χ4n) is 3.53. The molecule has 0 atom stereocenters. The highest BCUT2D eigenvalue weighted by Gasteiger charge is 2.19. The summed E-state index contributed by atoms with van der Waals surface area (Å²) in [5.74, 6) is 1.38. The van der Waals surface area contributed by atoms with E-state index in [0.29, 0.717) is 5.88 Å². The molecule has 0 aliphatic carbocycles. The standard InChI is InChI=1S/C21H25N5O/c1-27-20-8-9-22-21(24-20)26-13-11-25(12-14-26)10-4-5-17-15-18-6-2-3-7-19(18)23-16-17/h2-3,6-9,15-16H,4-5,10-14H2,1H3. The molecule has 6 nitrogen and oxygen atoms in total. The number of piperazine rings is 1. The summed E-state index contributed by atoms with van der Waals surface area (Å²) in [5.41, 5.74) is 2.38. The van der Waals surface area contributed by atoms with Gasteiger partial charge < -0.3 is 9.64 Å². The molecule has 0 saturated carbocycles. The van der Waals surface area contributed by atoms with Gasteiger partial charge in [-0.15, -0.1) is 0 Å². The van der Waals surface area contributed by atoms with Gasteiger partial charge in [0.1, 0.15) is 0 Å². The zero-order valence-electron chi connectivity index (χ0n) is 15.7. The summed E-state index contributed by atoms with van der Waals surface area (Å²) in [7, 11) is 1.63. The molecule has 6 heteroatoms. The number of nitrogens with zero attached hydrogens (tertiary/aromatic N) is 5. The number of methoxy groups -OCH3 is 1. The van der Waals surface area contributed by atoms with Crippen LogP contribution in [0, 0.1) is 0 Å². The van der Waals surface area contributed by atoms with Gasteiger partial charge in [0, 0.05) is 50.0 Å². The van der Waals surface area contributed by atoms with Gasteiger partial charge in [-0.3, -0.25) is 9.88 Å². The summed E-state index contributed by atoms with van der Waals surface area (Å²) in [4.78, 5) is 18.1. The summed E-state index contributed by atoms with van der Waals surface area (Å²) < 4.78 is 5.20. The average Bonchev–Trinajstić information content (AvgIpc) is 2.74. The van der Waals surface area contributed by atoms with Crippen LogP contribution in [0.5, 0.6) is 5.88 Å². The van der Waals surface area contributed by atoms with Crippen molar-refractivity contribution in [3.05, 3.63) is 54.4 Å². The van der Waals surface area contributed by atoms with Crippen LogP contribution in [0.1, 0.15) is 12.0 Å². The van der Waals surface area contributed by atoms with Gasteiger partial charge in [-0.05, 0) is 37.1 Å². The van der Waals surface area contributed by atoms with Crippen molar-refractivity contribution in [2.45, 2.75) is 12.8 Å². The van der Waals surface area contributed by atoms with Gasteiger partial charge in [0.05, 0.1) is 12.6 Å². The van der Waals surface area contributed by atoms with Crippen molar-refractivity contribution < 1.29 is 4.74 Å². The largest absolute Gasteiger partial charge is 0.481 e. The Morgan fingerprint density at radius 3 is 2.74 bits per heavy atom. The maximum Gasteiger partial charge on any atom is 0.228 e. The molecule has 140 valence electrons. The van der Waals surface area contributed by atoms with Crippen LogP contribution in [0.3, 0.4) is 0 Å². The first-order valence-corrected chi connectivity index (χ1v) is 9.50. The third-order valence-electron chi connectivity index (χ3n) is 5.07. The van der Waals surface area contributed by atoms with Crippen LogP contribution in [-0.4, -0.2) is 59.7 Å². The van der Waals surface area contributed by atoms with E-state index in [1.54, 1.807) is 19.4 Å². The van der Waals surface area contributed by atoms with Crippen molar-refractivity contribution in [3.8, 4) is 5.88 Å². The highest BCUT2D eigenvalue weighted by Crippen LogP contribution is 2.16. The highest BCUT2D eigenvalue weighted by atomic mass is 16.5. The molecule has 4 rings (SSSR count). The van der Waals surface area contributed by atoms with Crippen molar-refractivity contribution >= 4 is 16.9 Å². The molecule has 1 saturated heterocycles. The van der Waals surface area contributed by atoms with Crippen molar-refractivity contribution in [1.82, 2.24) is 19.9 Å². The molecule has 0 radical (unpaired) electrons. The maximum absolute atomic E-state index is 5.20. The molecule has 0 amide bonds. The van der Waals surface area contributed by atoms with E-state index >= 15 is 0 Å². The van der Waals surface area contributed by atoms with Gasteiger partial charge in [0.15, 0.2) is 0 Å². The number of para-hydroxylation sites is 1. The van der Waals surface area contributed by atoms with E-state index < -0.39 is 0 Å². The zero-order chi connectivity index (χ0) is 18.5. The van der Waals surface area contributed by atoms with Crippen molar-refractivity contribution in [2.24, 2.45) is 0 Å². The van der Waals surface area contributed by atoms with E-state index in [9.17, 15) is 0 Å². The van der Waals surface area contributed by atoms with E-state index in [2.05, 4.69) is 49.0 Å². The van der Waals surface area contributed by atoms with Crippen molar-refractivity contribution in [2.75, 3.05) is 44.7 Å². The van der Waals surface area contributed by atoms with Gasteiger partial charge >= 0.3 is 0 Å². The average molecular weight is 363 g/mol. The molecule has 0 N–H and O–H groups in total. The quantitative estimate of drug-likeness (QED) is 0.671. The second-order valence-electron chi connectivity index (χ2n) is 6.87. The fourth-order valence-corrected chi connectivity index (χ4v) is 3.53. The number of aromatic nitrogens is 3. The first-order valence-electron chi connectivity index (χ1n) is 9.50. The Kier molecular flexibility index (Phi) is 5.44. The molecule has 1 fully saturated rings. The Morgan fingerprint density at radius 2 is 1.89 bits per heavy atom. The minimum Gasteiger partial charge on any atom is -0.481 e. The molecule has 0 bridgehead atoms. The summed E-state index contributed by atoms with van der Waals surface area (Å²) >= 11 is 0. The second kappa shape index (κ2) is 8.31. The minimum atomic E-state index is 0.617. The normalized spacial score (nSPS) is 15.2. The second-order valence-corrected chi connectivity index (χ2v) is 6.87. The van der Waals surface area contributed by atoms with E-state index in [0.717, 1.165) is 57.0 Å². The van der Waals surface area contributed by atoms with E-state index in [4.69, 9.17) is 4.74 Å². The lowest BCUT2D eigenvalue weighted by atomic mass is 10.1. The summed E-state index contributed by atoms with van der Waals surface area (Å²) in [5, 5.41) is 1.22. The van der Waals surface area contributed by atoms with E-state index in [1.807, 2.05) is 12.3 Å².